The lowest BCUT2D eigenvalue weighted by Crippen LogP contribution is -2.55. The van der Waals surface area contributed by atoms with Crippen LogP contribution in [0.4, 0.5) is 13.2 Å². The van der Waals surface area contributed by atoms with Crippen molar-refractivity contribution < 1.29 is 26.7 Å². The van der Waals surface area contributed by atoms with Gasteiger partial charge < -0.3 is 9.67 Å². The third kappa shape index (κ3) is 4.18. The van der Waals surface area contributed by atoms with E-state index in [-0.39, 0.29) is 23.6 Å². The van der Waals surface area contributed by atoms with Gasteiger partial charge in [0.25, 0.3) is 0 Å². The number of nitrogens with zero attached hydrogens (tertiary/aromatic N) is 4. The molecule has 0 amide bonds. The van der Waals surface area contributed by atoms with Crippen molar-refractivity contribution in [2.45, 2.75) is 55.6 Å². The number of aromatic nitrogens is 2. The number of imidazole rings is 1. The van der Waals surface area contributed by atoms with E-state index >= 15 is 0 Å². The molecule has 2 aliphatic rings. The molecule has 11 heteroatoms. The molecular formula is C21H27F3N4O3S. The normalized spacial score (nSPS) is 24.2. The van der Waals surface area contributed by atoms with Crippen LogP contribution in [-0.2, 0) is 15.6 Å². The number of aliphatic hydroxyl groups is 1. The second-order valence-corrected chi connectivity index (χ2v) is 10.7. The van der Waals surface area contributed by atoms with Crippen LogP contribution in [0.3, 0.4) is 0 Å². The summed E-state index contributed by atoms with van der Waals surface area (Å²) >= 11 is 0. The van der Waals surface area contributed by atoms with Crippen molar-refractivity contribution in [1.29, 1.82) is 0 Å². The summed E-state index contributed by atoms with van der Waals surface area (Å²) in [7, 11) is -3.89. The highest BCUT2D eigenvalue weighted by atomic mass is 32.2. The van der Waals surface area contributed by atoms with Gasteiger partial charge in [0, 0.05) is 38.1 Å². The Morgan fingerprint density at radius 1 is 1.16 bits per heavy atom. The van der Waals surface area contributed by atoms with Crippen LogP contribution in [0.25, 0.3) is 0 Å². The molecule has 7 nitrogen and oxygen atoms in total. The summed E-state index contributed by atoms with van der Waals surface area (Å²) in [5.74, 6) is 0.522. The van der Waals surface area contributed by atoms with Crippen molar-refractivity contribution in [2.24, 2.45) is 5.92 Å². The SMILES string of the molecule is C[C@@H]1CN(C(C2CC2)n2ccnc2)CCN1S(=O)(=O)c1ccc(C(C)(O)C(F)(F)F)cc1. The fraction of sp³-hybridized carbons (Fsp3) is 0.571. The van der Waals surface area contributed by atoms with Gasteiger partial charge >= 0.3 is 6.18 Å². The Morgan fingerprint density at radius 3 is 2.31 bits per heavy atom. The maximum Gasteiger partial charge on any atom is 0.421 e. The van der Waals surface area contributed by atoms with E-state index < -0.39 is 27.4 Å². The second-order valence-electron chi connectivity index (χ2n) is 8.82. The van der Waals surface area contributed by atoms with Crippen LogP contribution in [0.5, 0.6) is 0 Å². The first-order valence-corrected chi connectivity index (χ1v) is 12.0. The molecule has 2 heterocycles. The average molecular weight is 473 g/mol. The Labute approximate surface area is 185 Å². The van der Waals surface area contributed by atoms with Gasteiger partial charge in [-0.2, -0.15) is 17.5 Å². The average Bonchev–Trinajstić information content (AvgIpc) is 3.40. The molecule has 0 bridgehead atoms. The molecule has 2 unspecified atom stereocenters. The maximum absolute atomic E-state index is 13.2. The highest BCUT2D eigenvalue weighted by Gasteiger charge is 2.51. The number of alkyl halides is 3. The van der Waals surface area contributed by atoms with Crippen molar-refractivity contribution in [1.82, 2.24) is 18.8 Å². The molecule has 2 fully saturated rings. The first-order valence-electron chi connectivity index (χ1n) is 10.6. The largest absolute Gasteiger partial charge is 0.421 e. The number of hydrogen-bond acceptors (Lipinski definition) is 5. The van der Waals surface area contributed by atoms with E-state index in [1.807, 2.05) is 13.1 Å². The summed E-state index contributed by atoms with van der Waals surface area (Å²) in [6.45, 7) is 3.85. The molecule has 1 N–H and O–H groups in total. The summed E-state index contributed by atoms with van der Waals surface area (Å²) < 4.78 is 69.1. The molecule has 3 atom stereocenters. The minimum absolute atomic E-state index is 0.0899. The van der Waals surface area contributed by atoms with Gasteiger partial charge in [-0.15, -0.1) is 0 Å². The van der Waals surface area contributed by atoms with Crippen molar-refractivity contribution >= 4 is 10.0 Å². The van der Waals surface area contributed by atoms with Crippen molar-refractivity contribution in [2.75, 3.05) is 19.6 Å². The van der Waals surface area contributed by atoms with Crippen LogP contribution in [0.1, 0.15) is 38.4 Å². The van der Waals surface area contributed by atoms with E-state index in [9.17, 15) is 26.7 Å². The molecule has 1 saturated carbocycles. The maximum atomic E-state index is 13.2. The number of halogens is 3. The van der Waals surface area contributed by atoms with E-state index in [1.165, 1.54) is 4.31 Å². The highest BCUT2D eigenvalue weighted by molar-refractivity contribution is 7.89. The number of benzene rings is 1. The smallest absolute Gasteiger partial charge is 0.376 e. The van der Waals surface area contributed by atoms with Gasteiger partial charge in [0.2, 0.25) is 10.0 Å². The molecule has 2 aromatic rings. The molecule has 0 radical (unpaired) electrons. The molecule has 1 aromatic carbocycles. The van der Waals surface area contributed by atoms with Crippen molar-refractivity contribution in [3.05, 3.63) is 48.5 Å². The molecule has 4 rings (SSSR count). The van der Waals surface area contributed by atoms with E-state index in [2.05, 4.69) is 14.5 Å². The Kier molecular flexibility index (Phi) is 5.89. The predicted molar refractivity (Wildman–Crippen MR) is 111 cm³/mol. The Balaban J connectivity index is 1.50. The lowest BCUT2D eigenvalue weighted by molar-refractivity contribution is -0.258. The fourth-order valence-corrected chi connectivity index (χ4v) is 5.98. The summed E-state index contributed by atoms with van der Waals surface area (Å²) in [6.07, 6.45) is 2.98. The van der Waals surface area contributed by atoms with Crippen molar-refractivity contribution in [3.8, 4) is 0 Å². The summed E-state index contributed by atoms with van der Waals surface area (Å²) in [5.41, 5.74) is -3.46. The van der Waals surface area contributed by atoms with E-state index in [0.29, 0.717) is 25.9 Å². The zero-order valence-electron chi connectivity index (χ0n) is 17.9. The van der Waals surface area contributed by atoms with Crippen molar-refractivity contribution in [3.63, 3.8) is 0 Å². The van der Waals surface area contributed by atoms with Crippen LogP contribution in [-0.4, -0.2) is 64.1 Å². The van der Waals surface area contributed by atoms with Crippen LogP contribution < -0.4 is 0 Å². The summed E-state index contributed by atoms with van der Waals surface area (Å²) in [4.78, 5) is 6.33. The third-order valence-corrected chi connectivity index (χ3v) is 8.45. The number of hydrogen-bond donors (Lipinski definition) is 1. The third-order valence-electron chi connectivity index (χ3n) is 6.42. The quantitative estimate of drug-likeness (QED) is 0.700. The van der Waals surface area contributed by atoms with Crippen LogP contribution in [0.2, 0.25) is 0 Å². The van der Waals surface area contributed by atoms with Gasteiger partial charge in [0.05, 0.1) is 17.4 Å². The molecule has 1 aliphatic heterocycles. The van der Waals surface area contributed by atoms with Gasteiger partial charge in [-0.3, -0.25) is 4.90 Å². The molecule has 32 heavy (non-hydrogen) atoms. The standard InChI is InChI=1S/C21H27F3N4O3S/c1-15-13-26(19(16-3-4-16)27-10-9-25-14-27)11-12-28(15)32(30,31)18-7-5-17(6-8-18)20(2,29)21(22,23)24/h5-10,14-16,19,29H,3-4,11-13H2,1-2H3/t15-,19?,20?/m1/s1. The second kappa shape index (κ2) is 8.12. The minimum Gasteiger partial charge on any atom is -0.376 e. The predicted octanol–water partition coefficient (Wildman–Crippen LogP) is 2.96. The number of sulfonamides is 1. The Bertz CT molecular complexity index is 1040. The first kappa shape index (κ1) is 23.2. The van der Waals surface area contributed by atoms with Gasteiger partial charge in [0.1, 0.15) is 0 Å². The van der Waals surface area contributed by atoms with Gasteiger partial charge in [-0.25, -0.2) is 13.4 Å². The highest BCUT2D eigenvalue weighted by Crippen LogP contribution is 2.43. The molecular weight excluding hydrogens is 445 g/mol. The number of piperazine rings is 1. The summed E-state index contributed by atoms with van der Waals surface area (Å²) in [5, 5.41) is 9.82. The lowest BCUT2D eigenvalue weighted by Gasteiger charge is -2.43. The topological polar surface area (TPSA) is 78.7 Å². The fourth-order valence-electron chi connectivity index (χ4n) is 4.37. The Morgan fingerprint density at radius 2 is 1.81 bits per heavy atom. The Hall–Kier alpha value is -1.95. The van der Waals surface area contributed by atoms with E-state index in [4.69, 9.17) is 0 Å². The minimum atomic E-state index is -4.87. The number of rotatable bonds is 6. The van der Waals surface area contributed by atoms with Gasteiger partial charge in [-0.1, -0.05) is 12.1 Å². The van der Waals surface area contributed by atoms with Crippen LogP contribution >= 0.6 is 0 Å². The summed E-state index contributed by atoms with van der Waals surface area (Å²) in [6, 6.07) is 3.98. The van der Waals surface area contributed by atoms with Crippen LogP contribution in [0.15, 0.2) is 47.9 Å². The molecule has 1 saturated heterocycles. The zero-order valence-corrected chi connectivity index (χ0v) is 18.7. The molecule has 1 aliphatic carbocycles. The monoisotopic (exact) mass is 472 g/mol. The zero-order chi connectivity index (χ0) is 23.3. The molecule has 1 aromatic heterocycles. The lowest BCUT2D eigenvalue weighted by atomic mass is 9.96. The van der Waals surface area contributed by atoms with Gasteiger partial charge in [0.15, 0.2) is 5.60 Å². The first-order chi connectivity index (χ1) is 14.9. The van der Waals surface area contributed by atoms with Gasteiger partial charge in [-0.05, 0) is 50.3 Å². The molecule has 0 spiro atoms. The van der Waals surface area contributed by atoms with E-state index in [0.717, 1.165) is 37.1 Å². The van der Waals surface area contributed by atoms with E-state index in [1.54, 1.807) is 12.5 Å². The van der Waals surface area contributed by atoms with Crippen LogP contribution in [0, 0.1) is 5.92 Å². The molecule has 176 valence electrons.